The lowest BCUT2D eigenvalue weighted by molar-refractivity contribution is -0.117. The highest BCUT2D eigenvalue weighted by atomic mass is 32.1. The highest BCUT2D eigenvalue weighted by Gasteiger charge is 1.89. The molecule has 0 spiro atoms. The zero-order valence-corrected chi connectivity index (χ0v) is 5.12. The second-order valence-electron chi connectivity index (χ2n) is 1.26. The molecule has 0 N–H and O–H groups in total. The summed E-state index contributed by atoms with van der Waals surface area (Å²) >= 11 is 4.45. The third-order valence-corrected chi connectivity index (χ3v) is 0.872. The molecule has 0 saturated heterocycles. The quantitative estimate of drug-likeness (QED) is 0.518. The molecule has 0 aliphatic carbocycles. The van der Waals surface area contributed by atoms with Gasteiger partial charge in [0.05, 0.1) is 0 Å². The molecule has 0 heterocycles. The van der Waals surface area contributed by atoms with Gasteiger partial charge in [-0.1, -0.05) is 19.1 Å². The van der Waals surface area contributed by atoms with E-state index in [-0.39, 0.29) is 5.78 Å². The Morgan fingerprint density at radius 1 is 1.86 bits per heavy atom. The van der Waals surface area contributed by atoms with Crippen molar-refractivity contribution < 1.29 is 4.79 Å². The number of hydrogen-bond donors (Lipinski definition) is 0. The maximum absolute atomic E-state index is 10.3. The van der Waals surface area contributed by atoms with Gasteiger partial charge in [0.2, 0.25) is 0 Å². The number of carbonyl (C=O) groups is 1. The molecular formula is C5H8OS. The van der Waals surface area contributed by atoms with Crippen molar-refractivity contribution in [2.75, 3.05) is 0 Å². The van der Waals surface area contributed by atoms with E-state index in [1.807, 2.05) is 6.92 Å². The molecule has 0 saturated carbocycles. The predicted molar refractivity (Wildman–Crippen MR) is 33.6 cm³/mol. The first kappa shape index (κ1) is 6.76. The average molecular weight is 116 g/mol. The van der Waals surface area contributed by atoms with Crippen LogP contribution in [0.3, 0.4) is 0 Å². The van der Waals surface area contributed by atoms with Crippen molar-refractivity contribution in [1.82, 2.24) is 0 Å². The van der Waals surface area contributed by atoms with Crippen LogP contribution in [0.25, 0.3) is 0 Å². The summed E-state index contributed by atoms with van der Waals surface area (Å²) in [5.41, 5.74) is 0. The zero-order valence-electron chi connectivity index (χ0n) is 4.31. The molecule has 0 bridgehead atoms. The topological polar surface area (TPSA) is 17.1 Å². The first-order valence-corrected chi connectivity index (χ1v) is 2.73. The summed E-state index contributed by atoms with van der Waals surface area (Å²) in [6, 6.07) is 0. The Labute approximate surface area is 48.7 Å². The Morgan fingerprint density at radius 2 is 2.43 bits per heavy atom. The molecule has 0 aromatic rings. The van der Waals surface area contributed by atoms with Crippen molar-refractivity contribution in [2.24, 2.45) is 0 Å². The largest absolute Gasteiger partial charge is 0.299 e. The van der Waals surface area contributed by atoms with E-state index in [0.29, 0.717) is 12.8 Å². The molecule has 2 heteroatoms. The highest BCUT2D eigenvalue weighted by Crippen LogP contribution is 1.83. The van der Waals surface area contributed by atoms with Gasteiger partial charge in [0.15, 0.2) is 0 Å². The number of rotatable bonds is 3. The summed E-state index contributed by atoms with van der Waals surface area (Å²) in [5, 5.41) is 1.46. The molecule has 0 aliphatic heterocycles. The standard InChI is InChI=1S/C5H8OS/c1-2-5(6)3-4-7/h4H,2-3H2,1H3. The fraction of sp³-hybridized carbons (Fsp3) is 0.600. The van der Waals surface area contributed by atoms with E-state index >= 15 is 0 Å². The summed E-state index contributed by atoms with van der Waals surface area (Å²) < 4.78 is 0. The Kier molecular flexibility index (Phi) is 3.80. The van der Waals surface area contributed by atoms with Crippen LogP contribution in [0.4, 0.5) is 0 Å². The van der Waals surface area contributed by atoms with E-state index < -0.39 is 0 Å². The maximum atomic E-state index is 10.3. The minimum Gasteiger partial charge on any atom is -0.299 e. The van der Waals surface area contributed by atoms with Gasteiger partial charge in [0.1, 0.15) is 5.78 Å². The summed E-state index contributed by atoms with van der Waals surface area (Å²) in [5.74, 6) is 0.218. The molecule has 40 valence electrons. The van der Waals surface area contributed by atoms with E-state index in [1.54, 1.807) is 0 Å². The number of ketones is 1. The van der Waals surface area contributed by atoms with Gasteiger partial charge in [-0.2, -0.15) is 0 Å². The minimum absolute atomic E-state index is 0.218. The first-order chi connectivity index (χ1) is 3.31. The van der Waals surface area contributed by atoms with Crippen LogP contribution in [-0.4, -0.2) is 11.2 Å². The molecule has 0 unspecified atom stereocenters. The molecule has 0 radical (unpaired) electrons. The Morgan fingerprint density at radius 3 is 2.57 bits per heavy atom. The normalized spacial score (nSPS) is 8.14. The lowest BCUT2D eigenvalue weighted by Crippen LogP contribution is -1.92. The number of thiocarbonyl (C=S) groups is 1. The third kappa shape index (κ3) is 3.59. The van der Waals surface area contributed by atoms with Crippen LogP contribution in [0.1, 0.15) is 19.8 Å². The molecule has 0 aromatic carbocycles. The summed E-state index contributed by atoms with van der Waals surface area (Å²) in [6.45, 7) is 1.83. The van der Waals surface area contributed by atoms with Crippen molar-refractivity contribution in [2.45, 2.75) is 19.8 Å². The fourth-order valence-electron chi connectivity index (χ4n) is 0.237. The van der Waals surface area contributed by atoms with Gasteiger partial charge in [-0.25, -0.2) is 0 Å². The van der Waals surface area contributed by atoms with Crippen LogP contribution >= 0.6 is 12.2 Å². The van der Waals surface area contributed by atoms with E-state index in [4.69, 9.17) is 0 Å². The number of hydrogen-bond acceptors (Lipinski definition) is 2. The summed E-state index contributed by atoms with van der Waals surface area (Å²) in [4.78, 5) is 10.3. The van der Waals surface area contributed by atoms with Crippen molar-refractivity contribution >= 4 is 23.4 Å². The number of carbonyl (C=O) groups excluding carboxylic acids is 1. The van der Waals surface area contributed by atoms with Crippen molar-refractivity contribution in [3.8, 4) is 0 Å². The molecule has 1 nitrogen and oxygen atoms in total. The average Bonchev–Trinajstić information content (AvgIpc) is 1.68. The Balaban J connectivity index is 3.17. The second-order valence-corrected chi connectivity index (χ2v) is 1.60. The van der Waals surface area contributed by atoms with Crippen LogP contribution < -0.4 is 0 Å². The molecule has 0 amide bonds. The molecule has 0 fully saturated rings. The highest BCUT2D eigenvalue weighted by molar-refractivity contribution is 7.79. The molecule has 7 heavy (non-hydrogen) atoms. The van der Waals surface area contributed by atoms with Gasteiger partial charge in [-0.05, 0) is 5.37 Å². The SMILES string of the molecule is CCC(=O)CC=S. The molecule has 0 rings (SSSR count). The second kappa shape index (κ2) is 3.93. The predicted octanol–water partition coefficient (Wildman–Crippen LogP) is 1.36. The lowest BCUT2D eigenvalue weighted by atomic mass is 10.2. The smallest absolute Gasteiger partial charge is 0.137 e. The van der Waals surface area contributed by atoms with Crippen molar-refractivity contribution in [1.29, 1.82) is 0 Å². The monoisotopic (exact) mass is 116 g/mol. The van der Waals surface area contributed by atoms with Crippen molar-refractivity contribution in [3.05, 3.63) is 0 Å². The Bertz CT molecular complexity index is 78.1. The first-order valence-electron chi connectivity index (χ1n) is 2.26. The molecule has 0 aromatic heterocycles. The van der Waals surface area contributed by atoms with E-state index in [9.17, 15) is 4.79 Å². The molecular weight excluding hydrogens is 108 g/mol. The zero-order chi connectivity index (χ0) is 5.70. The van der Waals surface area contributed by atoms with E-state index in [1.165, 1.54) is 5.37 Å². The maximum Gasteiger partial charge on any atom is 0.137 e. The Hall–Kier alpha value is -0.240. The van der Waals surface area contributed by atoms with Crippen LogP contribution in [0.5, 0.6) is 0 Å². The summed E-state index contributed by atoms with van der Waals surface area (Å²) in [7, 11) is 0. The van der Waals surface area contributed by atoms with Crippen LogP contribution in [0.2, 0.25) is 0 Å². The third-order valence-electron chi connectivity index (χ3n) is 0.705. The molecule has 0 aliphatic rings. The lowest BCUT2D eigenvalue weighted by Gasteiger charge is -1.82. The number of Topliss-reactive ketones (excluding diaryl/α,β-unsaturated/α-hetero) is 1. The van der Waals surface area contributed by atoms with Gasteiger partial charge in [-0.15, -0.1) is 0 Å². The fourth-order valence-corrected chi connectivity index (χ4v) is 0.423. The van der Waals surface area contributed by atoms with Gasteiger partial charge in [0.25, 0.3) is 0 Å². The van der Waals surface area contributed by atoms with Crippen LogP contribution in [0, 0.1) is 0 Å². The van der Waals surface area contributed by atoms with Crippen LogP contribution in [0.15, 0.2) is 0 Å². The van der Waals surface area contributed by atoms with Gasteiger partial charge in [0, 0.05) is 12.8 Å². The van der Waals surface area contributed by atoms with Gasteiger partial charge < -0.3 is 0 Å². The summed E-state index contributed by atoms with van der Waals surface area (Å²) in [6.07, 6.45) is 1.05. The van der Waals surface area contributed by atoms with Gasteiger partial charge in [-0.3, -0.25) is 4.79 Å². The van der Waals surface area contributed by atoms with Gasteiger partial charge >= 0.3 is 0 Å². The minimum atomic E-state index is 0.218. The van der Waals surface area contributed by atoms with Crippen molar-refractivity contribution in [3.63, 3.8) is 0 Å². The molecule has 0 atom stereocenters. The van der Waals surface area contributed by atoms with E-state index in [0.717, 1.165) is 0 Å². The van der Waals surface area contributed by atoms with Crippen LogP contribution in [-0.2, 0) is 4.79 Å². The van der Waals surface area contributed by atoms with E-state index in [2.05, 4.69) is 12.2 Å².